The molecule has 108 valence electrons. The summed E-state index contributed by atoms with van der Waals surface area (Å²) in [5, 5.41) is 3.52. The van der Waals surface area contributed by atoms with Crippen LogP contribution in [0.4, 0.5) is 0 Å². The van der Waals surface area contributed by atoms with Gasteiger partial charge in [0.05, 0.1) is 0 Å². The van der Waals surface area contributed by atoms with Gasteiger partial charge in [0.25, 0.3) is 0 Å². The van der Waals surface area contributed by atoms with Gasteiger partial charge in [0.15, 0.2) is 0 Å². The Hall–Kier alpha value is -1.39. The molecule has 1 fully saturated rings. The highest BCUT2D eigenvalue weighted by molar-refractivity contribution is 5.73. The van der Waals surface area contributed by atoms with Crippen molar-refractivity contribution in [3.8, 4) is 0 Å². The predicted octanol–water partition coefficient (Wildman–Crippen LogP) is 1.39. The minimum Gasteiger partial charge on any atom is -0.342 e. The molecule has 2 aliphatic rings. The number of carbonyl (C=O) groups excluding carboxylic acids is 1. The quantitative estimate of drug-likeness (QED) is 0.840. The molecule has 0 aromatic heterocycles. The summed E-state index contributed by atoms with van der Waals surface area (Å²) in [5.74, 6) is 0.203. The maximum atomic E-state index is 11.5. The average Bonchev–Trinajstić information content (AvgIpc) is 2.72. The molecular formula is C16H23N3O. The van der Waals surface area contributed by atoms with Crippen LogP contribution >= 0.6 is 0 Å². The van der Waals surface area contributed by atoms with E-state index in [-0.39, 0.29) is 5.91 Å². The van der Waals surface area contributed by atoms with Gasteiger partial charge in [-0.25, -0.2) is 0 Å². The fourth-order valence-electron chi connectivity index (χ4n) is 3.36. The molecule has 0 saturated carbocycles. The van der Waals surface area contributed by atoms with Crippen LogP contribution in [0.3, 0.4) is 0 Å². The molecule has 1 saturated heterocycles. The van der Waals surface area contributed by atoms with Crippen molar-refractivity contribution in [3.63, 3.8) is 0 Å². The van der Waals surface area contributed by atoms with Gasteiger partial charge in [-0.3, -0.25) is 9.69 Å². The topological polar surface area (TPSA) is 35.6 Å². The summed E-state index contributed by atoms with van der Waals surface area (Å²) in [7, 11) is 0. The monoisotopic (exact) mass is 273 g/mol. The molecule has 2 heterocycles. The van der Waals surface area contributed by atoms with E-state index in [4.69, 9.17) is 0 Å². The summed E-state index contributed by atoms with van der Waals surface area (Å²) < 4.78 is 0. The van der Waals surface area contributed by atoms with Crippen LogP contribution in [0.5, 0.6) is 0 Å². The van der Waals surface area contributed by atoms with Gasteiger partial charge in [0, 0.05) is 52.2 Å². The second-order valence-corrected chi connectivity index (χ2v) is 5.74. The van der Waals surface area contributed by atoms with E-state index in [0.717, 1.165) is 45.7 Å². The number of fused-ring (bicyclic) bond motifs is 1. The highest BCUT2D eigenvalue weighted by atomic mass is 16.2. The number of nitrogens with zero attached hydrogens (tertiary/aromatic N) is 2. The van der Waals surface area contributed by atoms with Crippen molar-refractivity contribution < 1.29 is 4.79 Å². The summed E-state index contributed by atoms with van der Waals surface area (Å²) in [6.45, 7) is 7.46. The van der Waals surface area contributed by atoms with Crippen LogP contribution in [0.25, 0.3) is 0 Å². The second-order valence-electron chi connectivity index (χ2n) is 5.74. The Bertz CT molecular complexity index is 488. The van der Waals surface area contributed by atoms with Crippen LogP contribution in [0.1, 0.15) is 30.5 Å². The van der Waals surface area contributed by atoms with Crippen LogP contribution in [-0.4, -0.2) is 48.4 Å². The fourth-order valence-corrected chi connectivity index (χ4v) is 3.36. The zero-order chi connectivity index (χ0) is 13.9. The first kappa shape index (κ1) is 13.6. The maximum absolute atomic E-state index is 11.5. The van der Waals surface area contributed by atoms with Gasteiger partial charge in [0.2, 0.25) is 5.91 Å². The van der Waals surface area contributed by atoms with Gasteiger partial charge < -0.3 is 10.2 Å². The molecule has 0 bridgehead atoms. The SMILES string of the molecule is CC(=O)N1CCCN(C2CNCc3ccccc32)CC1. The molecule has 4 nitrogen and oxygen atoms in total. The lowest BCUT2D eigenvalue weighted by molar-refractivity contribution is -0.128. The van der Waals surface area contributed by atoms with Crippen molar-refractivity contribution in [1.29, 1.82) is 0 Å². The molecule has 2 aliphatic heterocycles. The third-order valence-corrected chi connectivity index (χ3v) is 4.48. The minimum atomic E-state index is 0.203. The molecule has 1 amide bonds. The van der Waals surface area contributed by atoms with Gasteiger partial charge in [0.1, 0.15) is 0 Å². The first-order valence-electron chi connectivity index (χ1n) is 7.54. The van der Waals surface area contributed by atoms with E-state index in [1.165, 1.54) is 11.1 Å². The van der Waals surface area contributed by atoms with E-state index < -0.39 is 0 Å². The Morgan fingerprint density at radius 1 is 1.20 bits per heavy atom. The number of amides is 1. The molecule has 20 heavy (non-hydrogen) atoms. The first-order valence-corrected chi connectivity index (χ1v) is 7.54. The summed E-state index contributed by atoms with van der Waals surface area (Å²) >= 11 is 0. The zero-order valence-corrected chi connectivity index (χ0v) is 12.1. The summed E-state index contributed by atoms with van der Waals surface area (Å²) in [6.07, 6.45) is 1.07. The third kappa shape index (κ3) is 2.72. The van der Waals surface area contributed by atoms with Gasteiger partial charge in [-0.1, -0.05) is 24.3 Å². The lowest BCUT2D eigenvalue weighted by Crippen LogP contribution is -2.41. The number of rotatable bonds is 1. The molecule has 0 aliphatic carbocycles. The molecule has 0 radical (unpaired) electrons. The van der Waals surface area contributed by atoms with Crippen molar-refractivity contribution in [2.75, 3.05) is 32.7 Å². The van der Waals surface area contributed by atoms with Crippen LogP contribution in [0.15, 0.2) is 24.3 Å². The fraction of sp³-hybridized carbons (Fsp3) is 0.562. The number of nitrogens with one attached hydrogen (secondary N) is 1. The number of carbonyl (C=O) groups is 1. The smallest absolute Gasteiger partial charge is 0.219 e. The van der Waals surface area contributed by atoms with Crippen LogP contribution < -0.4 is 5.32 Å². The Labute approximate surface area is 120 Å². The minimum absolute atomic E-state index is 0.203. The highest BCUT2D eigenvalue weighted by Crippen LogP contribution is 2.27. The molecule has 3 rings (SSSR count). The van der Waals surface area contributed by atoms with Crippen molar-refractivity contribution in [1.82, 2.24) is 15.1 Å². The van der Waals surface area contributed by atoms with E-state index in [2.05, 4.69) is 34.5 Å². The Morgan fingerprint density at radius 3 is 2.90 bits per heavy atom. The van der Waals surface area contributed by atoms with Gasteiger partial charge in [-0.15, -0.1) is 0 Å². The lowest BCUT2D eigenvalue weighted by atomic mass is 9.95. The first-order chi connectivity index (χ1) is 9.75. The molecular weight excluding hydrogens is 250 g/mol. The zero-order valence-electron chi connectivity index (χ0n) is 12.1. The second kappa shape index (κ2) is 5.94. The Kier molecular flexibility index (Phi) is 4.03. The van der Waals surface area contributed by atoms with Gasteiger partial charge in [-0.05, 0) is 17.5 Å². The van der Waals surface area contributed by atoms with E-state index in [1.54, 1.807) is 6.92 Å². The molecule has 1 unspecified atom stereocenters. The predicted molar refractivity (Wildman–Crippen MR) is 79.3 cm³/mol. The number of hydrogen-bond donors (Lipinski definition) is 1. The summed E-state index contributed by atoms with van der Waals surface area (Å²) in [6, 6.07) is 9.18. The van der Waals surface area contributed by atoms with E-state index in [0.29, 0.717) is 6.04 Å². The lowest BCUT2D eigenvalue weighted by Gasteiger charge is -2.35. The molecule has 4 heteroatoms. The van der Waals surface area contributed by atoms with Crippen LogP contribution in [0, 0.1) is 0 Å². The largest absolute Gasteiger partial charge is 0.342 e. The number of hydrogen-bond acceptors (Lipinski definition) is 3. The van der Waals surface area contributed by atoms with Crippen molar-refractivity contribution in [3.05, 3.63) is 35.4 Å². The maximum Gasteiger partial charge on any atom is 0.219 e. The third-order valence-electron chi connectivity index (χ3n) is 4.48. The number of benzene rings is 1. The van der Waals surface area contributed by atoms with Crippen molar-refractivity contribution in [2.45, 2.75) is 25.9 Å². The van der Waals surface area contributed by atoms with Crippen molar-refractivity contribution >= 4 is 5.91 Å². The Balaban J connectivity index is 1.75. The Morgan fingerprint density at radius 2 is 2.05 bits per heavy atom. The normalized spacial score (nSPS) is 24.1. The standard InChI is InChI=1S/C16H23N3O/c1-13(20)18-7-4-8-19(10-9-18)16-12-17-11-14-5-2-3-6-15(14)16/h2-3,5-6,16-17H,4,7-12H2,1H3. The molecule has 1 aromatic carbocycles. The average molecular weight is 273 g/mol. The van der Waals surface area contributed by atoms with Crippen LogP contribution in [-0.2, 0) is 11.3 Å². The van der Waals surface area contributed by atoms with E-state index in [1.807, 2.05) is 4.90 Å². The van der Waals surface area contributed by atoms with E-state index >= 15 is 0 Å². The summed E-state index contributed by atoms with van der Waals surface area (Å²) in [5.41, 5.74) is 2.87. The summed E-state index contributed by atoms with van der Waals surface area (Å²) in [4.78, 5) is 16.0. The molecule has 1 N–H and O–H groups in total. The highest BCUT2D eigenvalue weighted by Gasteiger charge is 2.27. The molecule has 1 atom stereocenters. The van der Waals surface area contributed by atoms with Crippen LogP contribution in [0.2, 0.25) is 0 Å². The van der Waals surface area contributed by atoms with E-state index in [9.17, 15) is 4.79 Å². The van der Waals surface area contributed by atoms with Gasteiger partial charge in [-0.2, -0.15) is 0 Å². The molecule has 1 aromatic rings. The van der Waals surface area contributed by atoms with Crippen molar-refractivity contribution in [2.24, 2.45) is 0 Å². The molecule has 0 spiro atoms. The van der Waals surface area contributed by atoms with Gasteiger partial charge >= 0.3 is 0 Å².